The van der Waals surface area contributed by atoms with E-state index in [-0.39, 0.29) is 0 Å². The van der Waals surface area contributed by atoms with Crippen LogP contribution in [0.3, 0.4) is 0 Å². The molecule has 2 unspecified atom stereocenters. The molecule has 2 rings (SSSR count). The van der Waals surface area contributed by atoms with Gasteiger partial charge in [0, 0.05) is 27.3 Å². The molecule has 3 heteroatoms. The third-order valence-corrected chi connectivity index (χ3v) is 4.77. The van der Waals surface area contributed by atoms with E-state index in [0.717, 1.165) is 25.7 Å². The van der Waals surface area contributed by atoms with Crippen molar-refractivity contribution in [3.63, 3.8) is 0 Å². The predicted molar refractivity (Wildman–Crippen MR) is 42.2 cm³/mol. The molecule has 10 heavy (non-hydrogen) atoms. The van der Waals surface area contributed by atoms with Gasteiger partial charge in [-0.25, -0.2) is 0 Å². The fraction of sp³-hybridized carbons (Fsp3) is 1.00. The summed E-state index contributed by atoms with van der Waals surface area (Å²) in [5, 5.41) is 0.905. The van der Waals surface area contributed by atoms with Crippen molar-refractivity contribution in [2.75, 3.05) is 0 Å². The van der Waals surface area contributed by atoms with E-state index in [1.807, 2.05) is 0 Å². The molecule has 2 saturated heterocycles. The van der Waals surface area contributed by atoms with E-state index in [9.17, 15) is 4.21 Å². The van der Waals surface area contributed by atoms with E-state index in [1.54, 1.807) is 0 Å². The zero-order chi connectivity index (χ0) is 7.14. The van der Waals surface area contributed by atoms with Gasteiger partial charge < -0.3 is 5.73 Å². The topological polar surface area (TPSA) is 43.1 Å². The molecule has 2 bridgehead atoms. The Balaban J connectivity index is 2.16. The average Bonchev–Trinajstić information content (AvgIpc) is 2.20. The van der Waals surface area contributed by atoms with E-state index < -0.39 is 10.8 Å². The Morgan fingerprint density at radius 3 is 2.20 bits per heavy atom. The van der Waals surface area contributed by atoms with Crippen LogP contribution >= 0.6 is 0 Å². The minimum absolute atomic E-state index is 0.343. The van der Waals surface area contributed by atoms with Crippen molar-refractivity contribution < 1.29 is 4.21 Å². The van der Waals surface area contributed by atoms with Crippen molar-refractivity contribution in [2.24, 2.45) is 5.73 Å². The third-order valence-electron chi connectivity index (χ3n) is 2.60. The Hall–Kier alpha value is 0.110. The van der Waals surface area contributed by atoms with Gasteiger partial charge in [-0.2, -0.15) is 0 Å². The number of nitrogens with two attached hydrogens (primary N) is 1. The summed E-state index contributed by atoms with van der Waals surface area (Å²) in [6.45, 7) is 0. The van der Waals surface area contributed by atoms with Gasteiger partial charge in [0.15, 0.2) is 0 Å². The van der Waals surface area contributed by atoms with Crippen molar-refractivity contribution in [2.45, 2.75) is 42.2 Å². The fourth-order valence-corrected chi connectivity index (χ4v) is 4.23. The summed E-state index contributed by atoms with van der Waals surface area (Å²) in [6, 6.07) is 0.343. The van der Waals surface area contributed by atoms with E-state index >= 15 is 0 Å². The maximum absolute atomic E-state index is 11.4. The largest absolute Gasteiger partial charge is 0.328 e. The van der Waals surface area contributed by atoms with Crippen molar-refractivity contribution in [3.8, 4) is 0 Å². The van der Waals surface area contributed by atoms with Crippen LogP contribution in [0.25, 0.3) is 0 Å². The minimum Gasteiger partial charge on any atom is -0.328 e. The highest BCUT2D eigenvalue weighted by atomic mass is 32.2. The van der Waals surface area contributed by atoms with Gasteiger partial charge in [-0.3, -0.25) is 4.21 Å². The average molecular weight is 159 g/mol. The summed E-state index contributed by atoms with van der Waals surface area (Å²) >= 11 is 0. The summed E-state index contributed by atoms with van der Waals surface area (Å²) in [7, 11) is -0.519. The van der Waals surface area contributed by atoms with E-state index in [0.29, 0.717) is 16.5 Å². The van der Waals surface area contributed by atoms with Crippen LogP contribution < -0.4 is 5.73 Å². The maximum atomic E-state index is 11.4. The number of hydrogen-bond acceptors (Lipinski definition) is 2. The van der Waals surface area contributed by atoms with Crippen LogP contribution in [0.1, 0.15) is 25.7 Å². The molecule has 2 fully saturated rings. The molecular weight excluding hydrogens is 146 g/mol. The van der Waals surface area contributed by atoms with Gasteiger partial charge in [-0.1, -0.05) is 0 Å². The predicted octanol–water partition coefficient (Wildman–Crippen LogP) is 0.387. The molecule has 2 aliphatic heterocycles. The molecule has 0 aromatic carbocycles. The second-order valence-electron chi connectivity index (χ2n) is 3.38. The summed E-state index contributed by atoms with van der Waals surface area (Å²) in [5.41, 5.74) is 5.78. The van der Waals surface area contributed by atoms with Gasteiger partial charge in [-0.15, -0.1) is 0 Å². The third kappa shape index (κ3) is 0.920. The van der Waals surface area contributed by atoms with Crippen LogP contribution in [0.2, 0.25) is 0 Å². The van der Waals surface area contributed by atoms with E-state index in [2.05, 4.69) is 0 Å². The fourth-order valence-electron chi connectivity index (χ4n) is 2.07. The highest BCUT2D eigenvalue weighted by molar-refractivity contribution is 7.86. The normalized spacial score (nSPS) is 53.3. The number of fused-ring (bicyclic) bond motifs is 2. The van der Waals surface area contributed by atoms with Crippen LogP contribution in [0.5, 0.6) is 0 Å². The zero-order valence-electron chi connectivity index (χ0n) is 5.95. The molecule has 0 aromatic heterocycles. The van der Waals surface area contributed by atoms with Crippen molar-refractivity contribution >= 4 is 10.8 Å². The summed E-state index contributed by atoms with van der Waals surface area (Å²) in [4.78, 5) is 0. The standard InChI is InChI=1S/C7H13NOS/c8-5-3-6-1-2-7(4-5)10(6)9/h5-7H,1-4,8H2. The molecule has 58 valence electrons. The monoisotopic (exact) mass is 159 g/mol. The Kier molecular flexibility index (Phi) is 1.57. The molecule has 2 N–H and O–H groups in total. The van der Waals surface area contributed by atoms with Gasteiger partial charge in [0.25, 0.3) is 0 Å². The first kappa shape index (κ1) is 6.80. The van der Waals surface area contributed by atoms with E-state index in [4.69, 9.17) is 5.73 Å². The first-order chi connectivity index (χ1) is 4.77. The Bertz CT molecular complexity index is 155. The zero-order valence-corrected chi connectivity index (χ0v) is 6.77. The summed E-state index contributed by atoms with van der Waals surface area (Å²) < 4.78 is 11.4. The van der Waals surface area contributed by atoms with Gasteiger partial charge in [0.2, 0.25) is 0 Å². The van der Waals surface area contributed by atoms with Gasteiger partial charge in [0.1, 0.15) is 0 Å². The Morgan fingerprint density at radius 2 is 1.70 bits per heavy atom. The molecule has 0 amide bonds. The van der Waals surface area contributed by atoms with Crippen LogP contribution in [-0.2, 0) is 10.8 Å². The minimum atomic E-state index is -0.519. The van der Waals surface area contributed by atoms with Crippen LogP contribution in [0.15, 0.2) is 0 Å². The highest BCUT2D eigenvalue weighted by Crippen LogP contribution is 2.34. The van der Waals surface area contributed by atoms with Crippen molar-refractivity contribution in [3.05, 3.63) is 0 Å². The van der Waals surface area contributed by atoms with E-state index in [1.165, 1.54) is 0 Å². The summed E-state index contributed by atoms with van der Waals surface area (Å²) in [6.07, 6.45) is 4.32. The number of rotatable bonds is 0. The highest BCUT2D eigenvalue weighted by Gasteiger charge is 2.38. The lowest BCUT2D eigenvalue weighted by Gasteiger charge is -2.23. The Labute approximate surface area is 63.6 Å². The first-order valence-corrected chi connectivity index (χ1v) is 5.20. The molecule has 0 aliphatic carbocycles. The molecule has 0 radical (unpaired) electrons. The van der Waals surface area contributed by atoms with Crippen molar-refractivity contribution in [1.29, 1.82) is 0 Å². The maximum Gasteiger partial charge on any atom is 0.0366 e. The number of hydrogen-bond donors (Lipinski definition) is 1. The van der Waals surface area contributed by atoms with Crippen LogP contribution in [0.4, 0.5) is 0 Å². The smallest absolute Gasteiger partial charge is 0.0366 e. The quantitative estimate of drug-likeness (QED) is 0.555. The van der Waals surface area contributed by atoms with Crippen LogP contribution in [-0.4, -0.2) is 20.8 Å². The lowest BCUT2D eigenvalue weighted by molar-refractivity contribution is 0.548. The Morgan fingerprint density at radius 1 is 1.20 bits per heavy atom. The molecule has 2 heterocycles. The molecule has 2 aliphatic rings. The van der Waals surface area contributed by atoms with Gasteiger partial charge in [-0.05, 0) is 25.7 Å². The van der Waals surface area contributed by atoms with Crippen LogP contribution in [0, 0.1) is 0 Å². The molecule has 0 saturated carbocycles. The molecule has 2 nitrogen and oxygen atoms in total. The van der Waals surface area contributed by atoms with Crippen molar-refractivity contribution in [1.82, 2.24) is 0 Å². The van der Waals surface area contributed by atoms with Gasteiger partial charge in [0.05, 0.1) is 0 Å². The summed E-state index contributed by atoms with van der Waals surface area (Å²) in [5.74, 6) is 0. The molecular formula is C7H13NOS. The lowest BCUT2D eigenvalue weighted by Crippen LogP contribution is -2.36. The molecule has 0 spiro atoms. The molecule has 2 atom stereocenters. The second-order valence-corrected chi connectivity index (χ2v) is 5.37. The first-order valence-electron chi connectivity index (χ1n) is 3.92. The SMILES string of the molecule is NC1CC2CCC(C1)S2=O. The van der Waals surface area contributed by atoms with Gasteiger partial charge >= 0.3 is 0 Å². The second kappa shape index (κ2) is 2.31. The lowest BCUT2D eigenvalue weighted by atomic mass is 10.1. The molecule has 0 aromatic rings.